The van der Waals surface area contributed by atoms with Gasteiger partial charge in [0.05, 0.1) is 26.1 Å². The van der Waals surface area contributed by atoms with E-state index in [1.807, 2.05) is 0 Å². The van der Waals surface area contributed by atoms with E-state index in [1.54, 1.807) is 27.7 Å². The normalized spacial score (nSPS) is 12.9. The van der Waals surface area contributed by atoms with Gasteiger partial charge in [0.1, 0.15) is 31.3 Å². The number of rotatable bonds is 12. The fraction of sp³-hybridized carbons (Fsp3) is 0.241. The van der Waals surface area contributed by atoms with Gasteiger partial charge in [0.25, 0.3) is 15.7 Å². The Labute approximate surface area is 316 Å². The number of nitrogens with one attached hydrogen (secondary N) is 1. The molecule has 0 fully saturated rings. The zero-order chi connectivity index (χ0) is 37.6. The van der Waals surface area contributed by atoms with Crippen LogP contribution in [0.25, 0.3) is 10.8 Å². The summed E-state index contributed by atoms with van der Waals surface area (Å²) < 4.78 is 118. The summed E-state index contributed by atoms with van der Waals surface area (Å²) in [6.07, 6.45) is 0.776. The molecule has 0 aliphatic heterocycles. The zero-order valence-corrected chi connectivity index (χ0v) is 33.1. The number of nitro groups is 1. The van der Waals surface area contributed by atoms with Crippen LogP contribution >= 0.6 is 0 Å². The van der Waals surface area contributed by atoms with Gasteiger partial charge >= 0.3 is 29.6 Å². The van der Waals surface area contributed by atoms with E-state index in [1.165, 1.54) is 18.2 Å². The van der Waals surface area contributed by atoms with E-state index in [9.17, 15) is 53.4 Å². The molecule has 0 aromatic heterocycles. The second-order valence-corrected chi connectivity index (χ2v) is 18.3. The summed E-state index contributed by atoms with van der Waals surface area (Å²) in [5.74, 6) is -0.794. The Balaban J connectivity index is 0.00000702. The van der Waals surface area contributed by atoms with Crippen LogP contribution in [0.15, 0.2) is 96.5 Å². The number of non-ortho nitro benzene ring substituents is 1. The summed E-state index contributed by atoms with van der Waals surface area (Å²) >= 11 is 0. The molecule has 0 saturated carbocycles. The van der Waals surface area contributed by atoms with Crippen LogP contribution < -0.4 is 34.3 Å². The minimum Gasteiger partial charge on any atom is -0.744 e. The van der Waals surface area contributed by atoms with E-state index in [0.717, 1.165) is 53.0 Å². The van der Waals surface area contributed by atoms with Crippen molar-refractivity contribution in [1.29, 1.82) is 0 Å². The summed E-state index contributed by atoms with van der Waals surface area (Å²) in [5, 5.41) is 30.3. The van der Waals surface area contributed by atoms with Gasteiger partial charge in [-0.25, -0.2) is 33.7 Å². The number of fused-ring (bicyclic) bond motifs is 1. The second-order valence-electron chi connectivity index (χ2n) is 11.4. The first-order valence-corrected chi connectivity index (χ1v) is 20.5. The van der Waals surface area contributed by atoms with Gasteiger partial charge in [-0.2, -0.15) is 4.31 Å². The standard InChI is InChI=1S/C29H31N5O12S4.Na/c1-17(2)33(18(3)4)49(42,43)27-16-25(31-30-23-13-12-19(34(36)37)14-26(23)47(5,38)39)28-22(29(27)35)10-7-11-24(28)32-48(40,41)20-8-6-9-21(15-20)50(44,45)46;/h6-18,32,35H,1-5H3,(H,44,45,46);/q;+1/p-1. The van der Waals surface area contributed by atoms with E-state index < -0.39 is 93.7 Å². The topological polar surface area (TPSA) is 263 Å². The number of sulfone groups is 1. The molecule has 17 nitrogen and oxygen atoms in total. The molecule has 4 aromatic rings. The molecule has 0 aliphatic rings. The Morgan fingerprint density at radius 1 is 0.784 bits per heavy atom. The molecule has 0 heterocycles. The average molecular weight is 792 g/mol. The second kappa shape index (κ2) is 15.2. The third kappa shape index (κ3) is 8.92. The van der Waals surface area contributed by atoms with Crippen LogP contribution in [0, 0.1) is 10.1 Å². The van der Waals surface area contributed by atoms with Crippen molar-refractivity contribution in [2.75, 3.05) is 11.0 Å². The van der Waals surface area contributed by atoms with Crippen LogP contribution in [0.5, 0.6) is 5.75 Å². The summed E-state index contributed by atoms with van der Waals surface area (Å²) in [7, 11) is -18.4. The Kier molecular flexibility index (Phi) is 12.5. The molecule has 0 unspecified atom stereocenters. The molecular weight excluding hydrogens is 762 g/mol. The van der Waals surface area contributed by atoms with Crippen molar-refractivity contribution in [3.63, 3.8) is 0 Å². The number of benzene rings is 4. The predicted octanol–water partition coefficient (Wildman–Crippen LogP) is 1.79. The number of anilines is 1. The minimum atomic E-state index is -5.04. The van der Waals surface area contributed by atoms with Crippen molar-refractivity contribution >= 4 is 73.5 Å². The molecular formula is C29H30N5NaO12S4. The summed E-state index contributed by atoms with van der Waals surface area (Å²) in [4.78, 5) is 7.80. The van der Waals surface area contributed by atoms with Gasteiger partial charge in [-0.1, -0.05) is 18.2 Å². The SMILES string of the molecule is CC(C)N(C(C)C)S(=O)(=O)c1cc(N=Nc2ccc([N+](=O)[O-])cc2S(C)(=O)=O)c2c(NS(=O)(=O)c3cccc(S(=O)(=O)[O-])c3)cccc2c1O.[Na+]. The maximum atomic E-state index is 14.0. The first-order chi connectivity index (χ1) is 23.0. The number of hydrogen-bond acceptors (Lipinski definition) is 14. The van der Waals surface area contributed by atoms with E-state index in [4.69, 9.17) is 0 Å². The molecule has 0 saturated heterocycles. The van der Waals surface area contributed by atoms with Crippen molar-refractivity contribution in [2.24, 2.45) is 10.2 Å². The number of sulfonamides is 2. The van der Waals surface area contributed by atoms with Crippen molar-refractivity contribution in [1.82, 2.24) is 4.31 Å². The van der Waals surface area contributed by atoms with Crippen LogP contribution in [-0.4, -0.2) is 70.9 Å². The summed E-state index contributed by atoms with van der Waals surface area (Å²) in [5.41, 5.74) is -1.66. The van der Waals surface area contributed by atoms with Gasteiger partial charge in [0, 0.05) is 41.2 Å². The molecule has 22 heteroatoms. The third-order valence-corrected chi connectivity index (χ3v) is 12.7. The molecule has 0 aliphatic carbocycles. The zero-order valence-electron chi connectivity index (χ0n) is 27.9. The van der Waals surface area contributed by atoms with E-state index in [-0.39, 0.29) is 51.7 Å². The molecule has 2 N–H and O–H groups in total. The molecule has 0 spiro atoms. The van der Waals surface area contributed by atoms with Gasteiger partial charge in [-0.05, 0) is 64.1 Å². The minimum absolute atomic E-state index is 0. The van der Waals surface area contributed by atoms with Gasteiger partial charge in [-0.15, -0.1) is 10.2 Å². The van der Waals surface area contributed by atoms with Crippen molar-refractivity contribution < 1.29 is 77.8 Å². The van der Waals surface area contributed by atoms with Gasteiger partial charge in [0.15, 0.2) is 9.84 Å². The Morgan fingerprint density at radius 2 is 1.35 bits per heavy atom. The Morgan fingerprint density at radius 3 is 1.90 bits per heavy atom. The Bertz CT molecular complexity index is 2500. The smallest absolute Gasteiger partial charge is 0.744 e. The van der Waals surface area contributed by atoms with E-state index in [2.05, 4.69) is 15.0 Å². The number of azo groups is 1. The fourth-order valence-corrected chi connectivity index (χ4v) is 9.64. The first-order valence-electron chi connectivity index (χ1n) is 14.3. The molecule has 4 aromatic carbocycles. The van der Waals surface area contributed by atoms with Crippen LogP contribution in [0.4, 0.5) is 22.7 Å². The molecule has 0 bridgehead atoms. The first kappa shape index (κ1) is 41.9. The number of phenols is 1. The maximum Gasteiger partial charge on any atom is 1.00 e. The summed E-state index contributed by atoms with van der Waals surface area (Å²) in [6.45, 7) is 6.43. The maximum absolute atomic E-state index is 14.0. The fourth-order valence-electron chi connectivity index (χ4n) is 5.15. The Hall–Kier alpha value is -3.54. The molecule has 51 heavy (non-hydrogen) atoms. The monoisotopic (exact) mass is 791 g/mol. The van der Waals surface area contributed by atoms with Crippen LogP contribution in [-0.2, 0) is 40.0 Å². The number of phenolic OH excluding ortho intramolecular Hbond substituents is 1. The van der Waals surface area contributed by atoms with Gasteiger partial charge < -0.3 is 9.66 Å². The van der Waals surface area contributed by atoms with E-state index >= 15 is 0 Å². The van der Waals surface area contributed by atoms with Crippen molar-refractivity contribution in [3.05, 3.63) is 76.8 Å². The van der Waals surface area contributed by atoms with Gasteiger partial charge in [-0.3, -0.25) is 14.8 Å². The molecule has 0 radical (unpaired) electrons. The van der Waals surface area contributed by atoms with Crippen LogP contribution in [0.3, 0.4) is 0 Å². The number of nitrogens with zero attached hydrogens (tertiary/aromatic N) is 4. The number of nitro benzene ring substituents is 1. The number of hydrogen-bond donors (Lipinski definition) is 2. The van der Waals surface area contributed by atoms with Gasteiger partial charge in [0.2, 0.25) is 10.0 Å². The molecule has 0 amide bonds. The van der Waals surface area contributed by atoms with E-state index in [0.29, 0.717) is 6.07 Å². The largest absolute Gasteiger partial charge is 1.00 e. The quantitative estimate of drug-likeness (QED) is 0.0684. The van der Waals surface area contributed by atoms with Crippen LogP contribution in [0.2, 0.25) is 0 Å². The molecule has 4 rings (SSSR count). The third-order valence-electron chi connectivity index (χ3n) is 7.12. The molecule has 0 atom stereocenters. The number of aromatic hydroxyl groups is 1. The molecule has 268 valence electrons. The summed E-state index contributed by atoms with van der Waals surface area (Å²) in [6, 6.07) is 9.76. The average Bonchev–Trinajstić information content (AvgIpc) is 2.99. The predicted molar refractivity (Wildman–Crippen MR) is 181 cm³/mol. The van der Waals surface area contributed by atoms with Crippen LogP contribution in [0.1, 0.15) is 27.7 Å². The van der Waals surface area contributed by atoms with Crippen molar-refractivity contribution in [3.8, 4) is 5.75 Å². The van der Waals surface area contributed by atoms with Crippen molar-refractivity contribution in [2.45, 2.75) is 59.4 Å².